The molecule has 0 radical (unpaired) electrons. The van der Waals surface area contributed by atoms with Crippen molar-refractivity contribution >= 4 is 17.6 Å². The van der Waals surface area contributed by atoms with Gasteiger partial charge in [0.1, 0.15) is 5.54 Å². The summed E-state index contributed by atoms with van der Waals surface area (Å²) in [5.41, 5.74) is 4.17. The maximum Gasteiger partial charge on any atom is 0.325 e. The Balaban J connectivity index is 2.74. The summed E-state index contributed by atoms with van der Waals surface area (Å²) in [7, 11) is 0. The van der Waals surface area contributed by atoms with Crippen LogP contribution in [-0.4, -0.2) is 26.4 Å². The molecule has 0 fully saturated rings. The van der Waals surface area contributed by atoms with Gasteiger partial charge < -0.3 is 10.8 Å². The SMILES string of the molecule is CC(N)(Cn1cc(Cl)cn1)C(=O)O. The quantitative estimate of drug-likeness (QED) is 0.742. The minimum absolute atomic E-state index is 0.0923. The van der Waals surface area contributed by atoms with Crippen LogP contribution in [0.5, 0.6) is 0 Å². The first-order valence-electron chi connectivity index (χ1n) is 3.62. The number of nitrogens with zero attached hydrogens (tertiary/aromatic N) is 2. The standard InChI is InChI=1S/C7H10ClN3O2/c1-7(9,6(12)13)4-11-3-5(8)2-10-11/h2-3H,4,9H2,1H3,(H,12,13). The number of halogens is 1. The highest BCUT2D eigenvalue weighted by molar-refractivity contribution is 6.30. The molecule has 0 aliphatic carbocycles. The van der Waals surface area contributed by atoms with Gasteiger partial charge in [-0.2, -0.15) is 5.10 Å². The van der Waals surface area contributed by atoms with E-state index >= 15 is 0 Å². The molecule has 3 N–H and O–H groups in total. The van der Waals surface area contributed by atoms with Crippen molar-refractivity contribution in [2.45, 2.75) is 19.0 Å². The molecule has 0 aliphatic heterocycles. The summed E-state index contributed by atoms with van der Waals surface area (Å²) in [4.78, 5) is 10.6. The van der Waals surface area contributed by atoms with Gasteiger partial charge in [0.15, 0.2) is 0 Å². The van der Waals surface area contributed by atoms with Gasteiger partial charge in [-0.3, -0.25) is 9.48 Å². The molecule has 1 unspecified atom stereocenters. The molecule has 0 saturated carbocycles. The summed E-state index contributed by atoms with van der Waals surface area (Å²) in [5.74, 6) is -1.07. The van der Waals surface area contributed by atoms with Crippen LogP contribution in [0.2, 0.25) is 5.02 Å². The smallest absolute Gasteiger partial charge is 0.325 e. The van der Waals surface area contributed by atoms with Crippen molar-refractivity contribution in [2.75, 3.05) is 0 Å². The summed E-state index contributed by atoms with van der Waals surface area (Å²) in [6, 6.07) is 0. The van der Waals surface area contributed by atoms with Crippen LogP contribution < -0.4 is 5.73 Å². The van der Waals surface area contributed by atoms with E-state index in [1.807, 2.05) is 0 Å². The van der Waals surface area contributed by atoms with E-state index in [-0.39, 0.29) is 6.54 Å². The van der Waals surface area contributed by atoms with E-state index < -0.39 is 11.5 Å². The second-order valence-electron chi connectivity index (χ2n) is 3.08. The van der Waals surface area contributed by atoms with Crippen LogP contribution in [0.1, 0.15) is 6.92 Å². The van der Waals surface area contributed by atoms with Crippen LogP contribution >= 0.6 is 11.6 Å². The summed E-state index contributed by atoms with van der Waals surface area (Å²) in [5, 5.41) is 13.0. The van der Waals surface area contributed by atoms with Crippen LogP contribution in [0.4, 0.5) is 0 Å². The Morgan fingerprint density at radius 3 is 2.92 bits per heavy atom. The molecule has 5 nitrogen and oxygen atoms in total. The molecule has 72 valence electrons. The predicted molar refractivity (Wildman–Crippen MR) is 47.5 cm³/mol. The van der Waals surface area contributed by atoms with Crippen molar-refractivity contribution in [3.63, 3.8) is 0 Å². The fourth-order valence-corrected chi connectivity index (χ4v) is 0.985. The normalized spacial score (nSPS) is 15.3. The zero-order chi connectivity index (χ0) is 10.1. The molecule has 0 bridgehead atoms. The third-order valence-electron chi connectivity index (χ3n) is 1.58. The van der Waals surface area contributed by atoms with E-state index in [2.05, 4.69) is 5.10 Å². The highest BCUT2D eigenvalue weighted by atomic mass is 35.5. The lowest BCUT2D eigenvalue weighted by Gasteiger charge is -2.18. The maximum absolute atomic E-state index is 10.6. The van der Waals surface area contributed by atoms with E-state index in [0.29, 0.717) is 5.02 Å². The Morgan fingerprint density at radius 1 is 1.92 bits per heavy atom. The molecular formula is C7H10ClN3O2. The van der Waals surface area contributed by atoms with E-state index in [0.717, 1.165) is 0 Å². The lowest BCUT2D eigenvalue weighted by Crippen LogP contribution is -2.48. The third kappa shape index (κ3) is 2.43. The van der Waals surface area contributed by atoms with Gasteiger partial charge in [-0.25, -0.2) is 0 Å². The minimum Gasteiger partial charge on any atom is -0.480 e. The molecule has 13 heavy (non-hydrogen) atoms. The molecule has 1 atom stereocenters. The summed E-state index contributed by atoms with van der Waals surface area (Å²) in [6.07, 6.45) is 2.95. The van der Waals surface area contributed by atoms with Gasteiger partial charge in [-0.15, -0.1) is 0 Å². The molecule has 1 aromatic rings. The lowest BCUT2D eigenvalue weighted by molar-refractivity contribution is -0.143. The van der Waals surface area contributed by atoms with Crippen molar-refractivity contribution in [3.05, 3.63) is 17.4 Å². The average molecular weight is 204 g/mol. The van der Waals surface area contributed by atoms with Gasteiger partial charge in [0.25, 0.3) is 0 Å². The number of carbonyl (C=O) groups is 1. The van der Waals surface area contributed by atoms with Crippen molar-refractivity contribution in [2.24, 2.45) is 5.73 Å². The zero-order valence-corrected chi connectivity index (χ0v) is 7.82. The second-order valence-corrected chi connectivity index (χ2v) is 3.52. The van der Waals surface area contributed by atoms with Crippen LogP contribution in [0.3, 0.4) is 0 Å². The van der Waals surface area contributed by atoms with E-state index in [4.69, 9.17) is 22.4 Å². The number of hydrogen-bond acceptors (Lipinski definition) is 3. The fraction of sp³-hybridized carbons (Fsp3) is 0.429. The first-order chi connectivity index (χ1) is 5.92. The average Bonchev–Trinajstić information content (AvgIpc) is 2.34. The number of aromatic nitrogens is 2. The topological polar surface area (TPSA) is 81.1 Å². The Morgan fingerprint density at radius 2 is 2.54 bits per heavy atom. The Bertz CT molecular complexity index is 321. The third-order valence-corrected chi connectivity index (χ3v) is 1.78. The minimum atomic E-state index is -1.32. The number of carboxylic acid groups (broad SMARTS) is 1. The van der Waals surface area contributed by atoms with Crippen LogP contribution in [0.15, 0.2) is 12.4 Å². The first-order valence-corrected chi connectivity index (χ1v) is 4.00. The van der Waals surface area contributed by atoms with Gasteiger partial charge in [0.05, 0.1) is 17.8 Å². The van der Waals surface area contributed by atoms with Crippen molar-refractivity contribution < 1.29 is 9.90 Å². The van der Waals surface area contributed by atoms with Gasteiger partial charge in [0, 0.05) is 6.20 Å². The summed E-state index contributed by atoms with van der Waals surface area (Å²) < 4.78 is 1.40. The van der Waals surface area contributed by atoms with Crippen LogP contribution in [-0.2, 0) is 11.3 Å². The fourth-order valence-electron chi connectivity index (χ4n) is 0.829. The van der Waals surface area contributed by atoms with Gasteiger partial charge in [0.2, 0.25) is 0 Å². The number of carboxylic acids is 1. The van der Waals surface area contributed by atoms with Gasteiger partial charge in [-0.05, 0) is 6.92 Å². The van der Waals surface area contributed by atoms with Crippen molar-refractivity contribution in [3.8, 4) is 0 Å². The largest absolute Gasteiger partial charge is 0.480 e. The molecular weight excluding hydrogens is 194 g/mol. The molecule has 0 saturated heterocycles. The van der Waals surface area contributed by atoms with Crippen molar-refractivity contribution in [1.29, 1.82) is 0 Å². The molecule has 1 aromatic heterocycles. The van der Waals surface area contributed by atoms with Gasteiger partial charge in [-0.1, -0.05) is 11.6 Å². The van der Waals surface area contributed by atoms with Crippen LogP contribution in [0, 0.1) is 0 Å². The Hall–Kier alpha value is -1.07. The summed E-state index contributed by atoms with van der Waals surface area (Å²) in [6.45, 7) is 1.51. The zero-order valence-electron chi connectivity index (χ0n) is 7.07. The monoisotopic (exact) mass is 203 g/mol. The van der Waals surface area contributed by atoms with E-state index in [9.17, 15) is 4.79 Å². The number of nitrogens with two attached hydrogens (primary N) is 1. The van der Waals surface area contributed by atoms with Crippen molar-refractivity contribution in [1.82, 2.24) is 9.78 Å². The number of rotatable bonds is 3. The summed E-state index contributed by atoms with van der Waals surface area (Å²) >= 11 is 5.60. The van der Waals surface area contributed by atoms with Crippen LogP contribution in [0.25, 0.3) is 0 Å². The van der Waals surface area contributed by atoms with E-state index in [1.54, 1.807) is 0 Å². The second kappa shape index (κ2) is 3.35. The highest BCUT2D eigenvalue weighted by Gasteiger charge is 2.28. The number of aliphatic carboxylic acids is 1. The molecule has 0 aromatic carbocycles. The van der Waals surface area contributed by atoms with E-state index in [1.165, 1.54) is 24.0 Å². The molecule has 1 heterocycles. The molecule has 0 spiro atoms. The Kier molecular flexibility index (Phi) is 2.58. The first kappa shape index (κ1) is 10.0. The molecule has 0 aliphatic rings. The Labute approximate surface area is 80.1 Å². The predicted octanol–water partition coefficient (Wildman–Crippen LogP) is 0.339. The number of hydrogen-bond donors (Lipinski definition) is 2. The van der Waals surface area contributed by atoms with Gasteiger partial charge >= 0.3 is 5.97 Å². The lowest BCUT2D eigenvalue weighted by atomic mass is 10.1. The molecule has 1 rings (SSSR count). The highest BCUT2D eigenvalue weighted by Crippen LogP contribution is 2.08. The maximum atomic E-state index is 10.6. The molecule has 0 amide bonds. The molecule has 6 heteroatoms.